The Hall–Kier alpha value is -1.35. The fourth-order valence-corrected chi connectivity index (χ4v) is 3.63. The highest BCUT2D eigenvalue weighted by atomic mass is 15.2. The lowest BCUT2D eigenvalue weighted by atomic mass is 9.91. The summed E-state index contributed by atoms with van der Waals surface area (Å²) in [6, 6.07) is 7.54. The van der Waals surface area contributed by atoms with E-state index in [0.29, 0.717) is 0 Å². The second-order valence-corrected chi connectivity index (χ2v) is 6.40. The van der Waals surface area contributed by atoms with E-state index >= 15 is 0 Å². The van der Waals surface area contributed by atoms with Gasteiger partial charge in [-0.1, -0.05) is 12.5 Å². The molecule has 0 saturated heterocycles. The fraction of sp³-hybridized carbons (Fsp3) is 0.588. The molecule has 1 fully saturated rings. The lowest BCUT2D eigenvalue weighted by Crippen LogP contribution is -2.43. The highest BCUT2D eigenvalue weighted by Crippen LogP contribution is 2.27. The van der Waals surface area contributed by atoms with Gasteiger partial charge in [-0.3, -0.25) is 4.90 Å². The van der Waals surface area contributed by atoms with Crippen LogP contribution >= 0.6 is 0 Å². The van der Waals surface area contributed by atoms with Crippen LogP contribution in [0.2, 0.25) is 0 Å². The predicted octanol–water partition coefficient (Wildman–Crippen LogP) is 3.15. The van der Waals surface area contributed by atoms with Crippen LogP contribution < -0.4 is 0 Å². The number of hydrogen-bond acceptors (Lipinski definition) is 2. The van der Waals surface area contributed by atoms with Crippen LogP contribution in [0, 0.1) is 6.92 Å². The van der Waals surface area contributed by atoms with Crippen molar-refractivity contribution in [2.24, 2.45) is 0 Å². The van der Waals surface area contributed by atoms with Crippen molar-refractivity contribution in [2.45, 2.75) is 51.6 Å². The summed E-state index contributed by atoms with van der Waals surface area (Å²) in [7, 11) is 0. The van der Waals surface area contributed by atoms with Crippen molar-refractivity contribution in [1.82, 2.24) is 14.5 Å². The van der Waals surface area contributed by atoms with Gasteiger partial charge in [-0.05, 0) is 43.9 Å². The normalized spacial score (nSPS) is 21.2. The summed E-state index contributed by atoms with van der Waals surface area (Å²) in [4.78, 5) is 7.60. The highest BCUT2D eigenvalue weighted by Gasteiger charge is 2.26. The van der Waals surface area contributed by atoms with Crippen molar-refractivity contribution in [3.05, 3.63) is 29.6 Å². The van der Waals surface area contributed by atoms with Crippen LogP contribution in [0.3, 0.4) is 0 Å². The molecule has 1 saturated carbocycles. The van der Waals surface area contributed by atoms with Gasteiger partial charge >= 0.3 is 0 Å². The first kappa shape index (κ1) is 12.4. The summed E-state index contributed by atoms with van der Waals surface area (Å²) in [5, 5.41) is 0. The molecule has 2 aliphatic rings. The van der Waals surface area contributed by atoms with Crippen LogP contribution in [0.4, 0.5) is 0 Å². The van der Waals surface area contributed by atoms with Crippen LogP contribution in [0.15, 0.2) is 18.2 Å². The maximum Gasteiger partial charge on any atom is 0.111 e. The number of benzene rings is 1. The molecule has 0 amide bonds. The molecule has 0 bridgehead atoms. The van der Waals surface area contributed by atoms with Gasteiger partial charge in [0.05, 0.1) is 11.0 Å². The Morgan fingerprint density at radius 1 is 1.10 bits per heavy atom. The number of fused-ring (bicyclic) bond motifs is 3. The molecule has 20 heavy (non-hydrogen) atoms. The monoisotopic (exact) mass is 269 g/mol. The summed E-state index contributed by atoms with van der Waals surface area (Å²) < 4.78 is 2.45. The number of nitrogens with zero attached hydrogens (tertiary/aromatic N) is 3. The topological polar surface area (TPSA) is 21.1 Å². The summed E-state index contributed by atoms with van der Waals surface area (Å²) >= 11 is 0. The maximum absolute atomic E-state index is 4.89. The van der Waals surface area contributed by atoms with Crippen LogP contribution in [-0.2, 0) is 13.0 Å². The van der Waals surface area contributed by atoms with Gasteiger partial charge in [0.1, 0.15) is 5.82 Å². The van der Waals surface area contributed by atoms with Gasteiger partial charge in [0.15, 0.2) is 0 Å². The molecule has 0 N–H and O–H groups in total. The van der Waals surface area contributed by atoms with E-state index in [9.17, 15) is 0 Å². The van der Waals surface area contributed by atoms with Crippen molar-refractivity contribution < 1.29 is 0 Å². The van der Waals surface area contributed by atoms with Crippen molar-refractivity contribution in [1.29, 1.82) is 0 Å². The molecule has 1 aromatic carbocycles. The third-order valence-electron chi connectivity index (χ3n) is 5.02. The first-order valence-electron chi connectivity index (χ1n) is 8.01. The molecule has 106 valence electrons. The third-order valence-corrected chi connectivity index (χ3v) is 5.02. The highest BCUT2D eigenvalue weighted by molar-refractivity contribution is 5.76. The molecular formula is C17H23N3. The minimum atomic E-state index is 0.869. The average molecular weight is 269 g/mol. The largest absolute Gasteiger partial charge is 0.328 e. The smallest absolute Gasteiger partial charge is 0.111 e. The number of aromatic nitrogens is 2. The average Bonchev–Trinajstić information content (AvgIpc) is 2.67. The van der Waals surface area contributed by atoms with Gasteiger partial charge in [0.2, 0.25) is 0 Å². The molecule has 1 aliphatic carbocycles. The van der Waals surface area contributed by atoms with Crippen LogP contribution in [0.25, 0.3) is 11.0 Å². The molecule has 4 rings (SSSR count). The molecule has 0 radical (unpaired) electrons. The third kappa shape index (κ3) is 2.05. The van der Waals surface area contributed by atoms with E-state index in [1.807, 2.05) is 0 Å². The molecule has 1 aliphatic heterocycles. The fourth-order valence-electron chi connectivity index (χ4n) is 3.63. The standard InChI is InChI=1S/C17H23N3/c1-13-6-7-16-15(12-13)18-17-8-11-19(14-4-2-5-14)9-3-10-20(16)17/h6-7,12,14H,2-5,8-11H2,1H3. The zero-order valence-corrected chi connectivity index (χ0v) is 12.3. The number of hydrogen-bond donors (Lipinski definition) is 0. The van der Waals surface area contributed by atoms with Crippen molar-refractivity contribution in [3.63, 3.8) is 0 Å². The van der Waals surface area contributed by atoms with Crippen LogP contribution in [-0.4, -0.2) is 33.6 Å². The van der Waals surface area contributed by atoms with Gasteiger partial charge in [0, 0.05) is 32.1 Å². The minimum absolute atomic E-state index is 0.869. The number of aryl methyl sites for hydroxylation is 2. The van der Waals surface area contributed by atoms with Gasteiger partial charge in [-0.2, -0.15) is 0 Å². The molecule has 3 nitrogen and oxygen atoms in total. The Balaban J connectivity index is 1.64. The van der Waals surface area contributed by atoms with E-state index in [0.717, 1.165) is 19.0 Å². The Bertz CT molecular complexity index is 624. The molecular weight excluding hydrogens is 246 g/mol. The molecule has 2 heterocycles. The lowest BCUT2D eigenvalue weighted by Gasteiger charge is -2.38. The Morgan fingerprint density at radius 2 is 2.00 bits per heavy atom. The first-order chi connectivity index (χ1) is 9.81. The van der Waals surface area contributed by atoms with Crippen molar-refractivity contribution in [3.8, 4) is 0 Å². The molecule has 2 aromatic rings. The predicted molar refractivity (Wildman–Crippen MR) is 82.0 cm³/mol. The van der Waals surface area contributed by atoms with Crippen LogP contribution in [0.5, 0.6) is 0 Å². The molecule has 3 heteroatoms. The lowest BCUT2D eigenvalue weighted by molar-refractivity contribution is 0.120. The van der Waals surface area contributed by atoms with Crippen molar-refractivity contribution >= 4 is 11.0 Å². The molecule has 1 aromatic heterocycles. The molecule has 0 atom stereocenters. The summed E-state index contributed by atoms with van der Waals surface area (Å²) in [5.41, 5.74) is 3.81. The minimum Gasteiger partial charge on any atom is -0.328 e. The van der Waals surface area contributed by atoms with E-state index in [1.54, 1.807) is 0 Å². The second kappa shape index (κ2) is 4.88. The number of rotatable bonds is 1. The Kier molecular flexibility index (Phi) is 3.03. The van der Waals surface area contributed by atoms with E-state index in [2.05, 4.69) is 34.6 Å². The van der Waals surface area contributed by atoms with Gasteiger partial charge < -0.3 is 4.57 Å². The summed E-state index contributed by atoms with van der Waals surface area (Å²) in [5.74, 6) is 1.29. The zero-order valence-electron chi connectivity index (χ0n) is 12.3. The number of imidazole rings is 1. The molecule has 0 unspecified atom stereocenters. The quantitative estimate of drug-likeness (QED) is 0.793. The van der Waals surface area contributed by atoms with E-state index in [1.165, 1.54) is 61.2 Å². The SMILES string of the molecule is Cc1ccc2c(c1)nc1n2CCCN(C2CCC2)CC1. The summed E-state index contributed by atoms with van der Waals surface area (Å²) in [6.45, 7) is 5.72. The molecule has 0 spiro atoms. The maximum atomic E-state index is 4.89. The van der Waals surface area contributed by atoms with E-state index < -0.39 is 0 Å². The van der Waals surface area contributed by atoms with Crippen LogP contribution in [0.1, 0.15) is 37.1 Å². The van der Waals surface area contributed by atoms with E-state index in [-0.39, 0.29) is 0 Å². The van der Waals surface area contributed by atoms with E-state index in [4.69, 9.17) is 4.98 Å². The van der Waals surface area contributed by atoms with Crippen molar-refractivity contribution in [2.75, 3.05) is 13.1 Å². The Morgan fingerprint density at radius 3 is 2.80 bits per heavy atom. The van der Waals surface area contributed by atoms with Gasteiger partial charge in [-0.25, -0.2) is 4.98 Å². The first-order valence-corrected chi connectivity index (χ1v) is 8.01. The van der Waals surface area contributed by atoms with Gasteiger partial charge in [-0.15, -0.1) is 0 Å². The zero-order chi connectivity index (χ0) is 13.5. The van der Waals surface area contributed by atoms with Gasteiger partial charge in [0.25, 0.3) is 0 Å². The second-order valence-electron chi connectivity index (χ2n) is 6.40. The summed E-state index contributed by atoms with van der Waals surface area (Å²) in [6.07, 6.45) is 6.61. The Labute approximate surface area is 120 Å².